The molecular formula is C15H24BrN3. The lowest BCUT2D eigenvalue weighted by molar-refractivity contribution is 0.136. The maximum Gasteiger partial charge on any atom is 0.0544 e. The third-order valence-corrected chi connectivity index (χ3v) is 4.18. The molecule has 0 bridgehead atoms. The minimum atomic E-state index is 0.672. The Morgan fingerprint density at radius 1 is 1.42 bits per heavy atom. The Morgan fingerprint density at radius 3 is 3.05 bits per heavy atom. The molecule has 4 heteroatoms. The Bertz CT molecular complexity index is 366. The third kappa shape index (κ3) is 4.86. The second kappa shape index (κ2) is 7.98. The fourth-order valence-corrected chi connectivity index (χ4v) is 2.89. The zero-order valence-corrected chi connectivity index (χ0v) is 13.3. The second-order valence-electron chi connectivity index (χ2n) is 5.29. The highest BCUT2D eigenvalue weighted by molar-refractivity contribution is 9.10. The van der Waals surface area contributed by atoms with E-state index in [4.69, 9.17) is 0 Å². The van der Waals surface area contributed by atoms with E-state index >= 15 is 0 Å². The maximum atomic E-state index is 4.49. The van der Waals surface area contributed by atoms with Crippen LogP contribution in [0.15, 0.2) is 22.8 Å². The molecule has 0 aliphatic carbocycles. The van der Waals surface area contributed by atoms with E-state index in [-0.39, 0.29) is 0 Å². The van der Waals surface area contributed by atoms with Crippen molar-refractivity contribution in [2.75, 3.05) is 19.6 Å². The normalized spacial score (nSPS) is 20.6. The highest BCUT2D eigenvalue weighted by Gasteiger charge is 2.22. The standard InChI is InChI=1S/C15H24BrN3/c1-2-8-17-11-15-5-3-4-9-19(15)12-14-7-6-13(16)10-18-14/h6-7,10,15,17H,2-5,8-9,11-12H2,1H3. The van der Waals surface area contributed by atoms with Gasteiger partial charge in [0.25, 0.3) is 0 Å². The number of nitrogens with zero attached hydrogens (tertiary/aromatic N) is 2. The van der Waals surface area contributed by atoms with Crippen LogP contribution in [0.1, 0.15) is 38.3 Å². The highest BCUT2D eigenvalue weighted by atomic mass is 79.9. The second-order valence-corrected chi connectivity index (χ2v) is 6.21. The first kappa shape index (κ1) is 14.9. The van der Waals surface area contributed by atoms with Gasteiger partial charge in [-0.25, -0.2) is 0 Å². The number of hydrogen-bond donors (Lipinski definition) is 1. The molecule has 0 radical (unpaired) electrons. The number of halogens is 1. The first-order chi connectivity index (χ1) is 9.29. The zero-order valence-electron chi connectivity index (χ0n) is 11.7. The molecular weight excluding hydrogens is 302 g/mol. The van der Waals surface area contributed by atoms with Gasteiger partial charge in [-0.3, -0.25) is 9.88 Å². The van der Waals surface area contributed by atoms with Crippen molar-refractivity contribution >= 4 is 15.9 Å². The van der Waals surface area contributed by atoms with Gasteiger partial charge in [-0.15, -0.1) is 0 Å². The summed E-state index contributed by atoms with van der Waals surface area (Å²) in [6.45, 7) is 6.64. The number of rotatable bonds is 6. The smallest absolute Gasteiger partial charge is 0.0544 e. The summed E-state index contributed by atoms with van der Waals surface area (Å²) in [4.78, 5) is 7.08. The topological polar surface area (TPSA) is 28.2 Å². The Labute approximate surface area is 124 Å². The van der Waals surface area contributed by atoms with E-state index < -0.39 is 0 Å². The van der Waals surface area contributed by atoms with Crippen molar-refractivity contribution in [3.63, 3.8) is 0 Å². The predicted octanol–water partition coefficient (Wildman–Crippen LogP) is 3.20. The molecule has 2 heterocycles. The molecule has 1 saturated heterocycles. The number of hydrogen-bond acceptors (Lipinski definition) is 3. The van der Waals surface area contributed by atoms with Gasteiger partial charge in [0, 0.05) is 29.8 Å². The van der Waals surface area contributed by atoms with E-state index in [1.54, 1.807) is 0 Å². The molecule has 1 fully saturated rings. The van der Waals surface area contributed by atoms with E-state index in [0.29, 0.717) is 6.04 Å². The number of aromatic nitrogens is 1. The molecule has 1 aromatic rings. The van der Waals surface area contributed by atoms with Gasteiger partial charge in [0.15, 0.2) is 0 Å². The van der Waals surface area contributed by atoms with Crippen LogP contribution in [0.2, 0.25) is 0 Å². The summed E-state index contributed by atoms with van der Waals surface area (Å²) in [7, 11) is 0. The van der Waals surface area contributed by atoms with Gasteiger partial charge in [-0.1, -0.05) is 13.3 Å². The molecule has 1 aliphatic rings. The lowest BCUT2D eigenvalue weighted by atomic mass is 10.0. The summed E-state index contributed by atoms with van der Waals surface area (Å²) in [5, 5.41) is 3.56. The fourth-order valence-electron chi connectivity index (χ4n) is 2.65. The number of piperidine rings is 1. The minimum Gasteiger partial charge on any atom is -0.315 e. The van der Waals surface area contributed by atoms with E-state index in [1.807, 2.05) is 6.20 Å². The van der Waals surface area contributed by atoms with E-state index in [1.165, 1.54) is 37.9 Å². The third-order valence-electron chi connectivity index (χ3n) is 3.71. The predicted molar refractivity (Wildman–Crippen MR) is 83.1 cm³/mol. The summed E-state index contributed by atoms with van der Waals surface area (Å²) < 4.78 is 1.05. The van der Waals surface area contributed by atoms with Gasteiger partial charge < -0.3 is 5.32 Å². The maximum absolute atomic E-state index is 4.49. The van der Waals surface area contributed by atoms with Gasteiger partial charge in [-0.05, 0) is 60.4 Å². The Balaban J connectivity index is 1.89. The lowest BCUT2D eigenvalue weighted by Gasteiger charge is -2.35. The van der Waals surface area contributed by atoms with Crippen LogP contribution in [-0.4, -0.2) is 35.6 Å². The van der Waals surface area contributed by atoms with Crippen LogP contribution < -0.4 is 5.32 Å². The van der Waals surface area contributed by atoms with Crippen molar-refractivity contribution < 1.29 is 0 Å². The number of nitrogens with one attached hydrogen (secondary N) is 1. The summed E-state index contributed by atoms with van der Waals surface area (Å²) in [5.74, 6) is 0. The molecule has 0 spiro atoms. The Kier molecular flexibility index (Phi) is 6.28. The van der Waals surface area contributed by atoms with Gasteiger partial charge >= 0.3 is 0 Å². The largest absolute Gasteiger partial charge is 0.315 e. The fraction of sp³-hybridized carbons (Fsp3) is 0.667. The average molecular weight is 326 g/mol. The van der Waals surface area contributed by atoms with Crippen molar-refractivity contribution in [2.45, 2.75) is 45.2 Å². The van der Waals surface area contributed by atoms with Gasteiger partial charge in [-0.2, -0.15) is 0 Å². The average Bonchev–Trinajstić information content (AvgIpc) is 2.43. The summed E-state index contributed by atoms with van der Waals surface area (Å²) >= 11 is 3.44. The Hall–Kier alpha value is -0.450. The number of pyridine rings is 1. The Morgan fingerprint density at radius 2 is 2.32 bits per heavy atom. The molecule has 1 aromatic heterocycles. The minimum absolute atomic E-state index is 0.672. The zero-order chi connectivity index (χ0) is 13.5. The van der Waals surface area contributed by atoms with Crippen LogP contribution in [0.25, 0.3) is 0 Å². The molecule has 1 N–H and O–H groups in total. The molecule has 19 heavy (non-hydrogen) atoms. The van der Waals surface area contributed by atoms with Crippen molar-refractivity contribution in [1.29, 1.82) is 0 Å². The molecule has 0 aromatic carbocycles. The molecule has 0 amide bonds. The van der Waals surface area contributed by atoms with Gasteiger partial charge in [0.05, 0.1) is 5.69 Å². The van der Waals surface area contributed by atoms with Crippen LogP contribution in [0.4, 0.5) is 0 Å². The molecule has 2 rings (SSSR count). The highest BCUT2D eigenvalue weighted by Crippen LogP contribution is 2.19. The first-order valence-electron chi connectivity index (χ1n) is 7.35. The molecule has 1 aliphatic heterocycles. The lowest BCUT2D eigenvalue weighted by Crippen LogP contribution is -2.45. The van der Waals surface area contributed by atoms with Crippen LogP contribution >= 0.6 is 15.9 Å². The van der Waals surface area contributed by atoms with E-state index in [2.05, 4.69) is 50.2 Å². The van der Waals surface area contributed by atoms with E-state index in [0.717, 1.165) is 24.1 Å². The summed E-state index contributed by atoms with van der Waals surface area (Å²) in [5.41, 5.74) is 1.17. The van der Waals surface area contributed by atoms with Crippen LogP contribution in [0, 0.1) is 0 Å². The SMILES string of the molecule is CCCNCC1CCCCN1Cc1ccc(Br)cn1. The molecule has 0 saturated carbocycles. The van der Waals surface area contributed by atoms with Crippen molar-refractivity contribution in [3.05, 3.63) is 28.5 Å². The van der Waals surface area contributed by atoms with Gasteiger partial charge in [0.2, 0.25) is 0 Å². The quantitative estimate of drug-likeness (QED) is 0.814. The summed E-state index contributed by atoms with van der Waals surface area (Å²) in [6.07, 6.45) is 7.10. The number of likely N-dealkylation sites (tertiary alicyclic amines) is 1. The van der Waals surface area contributed by atoms with E-state index in [9.17, 15) is 0 Å². The van der Waals surface area contributed by atoms with Crippen molar-refractivity contribution in [2.24, 2.45) is 0 Å². The molecule has 1 atom stereocenters. The van der Waals surface area contributed by atoms with Crippen LogP contribution in [0.3, 0.4) is 0 Å². The molecule has 106 valence electrons. The van der Waals surface area contributed by atoms with Crippen LogP contribution in [0.5, 0.6) is 0 Å². The summed E-state index contributed by atoms with van der Waals surface area (Å²) in [6, 6.07) is 4.87. The first-order valence-corrected chi connectivity index (χ1v) is 8.14. The monoisotopic (exact) mass is 325 g/mol. The van der Waals surface area contributed by atoms with Crippen molar-refractivity contribution in [1.82, 2.24) is 15.2 Å². The molecule has 1 unspecified atom stereocenters. The molecule has 3 nitrogen and oxygen atoms in total. The van der Waals surface area contributed by atoms with Gasteiger partial charge in [0.1, 0.15) is 0 Å². The van der Waals surface area contributed by atoms with Crippen molar-refractivity contribution in [3.8, 4) is 0 Å². The van der Waals surface area contributed by atoms with Crippen LogP contribution in [-0.2, 0) is 6.54 Å².